The number of hydrogen-bond donors (Lipinski definition) is 2. The number of aromatic amines is 1. The standard InChI is InChI=1S/C19H18FN5O/c20-13-5-1-11(2-6-13)16-17(15-9-10-22-19(21)23-15)25-18(24-16)12-3-7-14(26)8-4-12/h1-2,5-6,9-10,12H,3-4,7-8H2,(H,24,25)(H2,21,22,23). The summed E-state index contributed by atoms with van der Waals surface area (Å²) in [5.41, 5.74) is 8.55. The van der Waals surface area contributed by atoms with Gasteiger partial charge in [-0.05, 0) is 43.2 Å². The predicted octanol–water partition coefficient (Wildman–Crippen LogP) is 3.48. The number of nitrogen functional groups attached to an aromatic ring is 1. The van der Waals surface area contributed by atoms with Crippen LogP contribution in [0, 0.1) is 5.82 Å². The number of nitrogens with zero attached hydrogens (tertiary/aromatic N) is 3. The normalized spacial score (nSPS) is 15.3. The predicted molar refractivity (Wildman–Crippen MR) is 95.6 cm³/mol. The molecule has 1 saturated carbocycles. The van der Waals surface area contributed by atoms with Crippen molar-refractivity contribution >= 4 is 11.7 Å². The molecule has 26 heavy (non-hydrogen) atoms. The summed E-state index contributed by atoms with van der Waals surface area (Å²) in [6.07, 6.45) is 4.30. The zero-order valence-corrected chi connectivity index (χ0v) is 14.1. The second kappa shape index (κ2) is 6.67. The van der Waals surface area contributed by atoms with E-state index in [1.165, 1.54) is 12.1 Å². The van der Waals surface area contributed by atoms with Crippen molar-refractivity contribution in [3.05, 3.63) is 48.2 Å². The summed E-state index contributed by atoms with van der Waals surface area (Å²) < 4.78 is 13.3. The van der Waals surface area contributed by atoms with E-state index in [4.69, 9.17) is 10.7 Å². The van der Waals surface area contributed by atoms with Gasteiger partial charge in [0.05, 0.1) is 17.1 Å². The Morgan fingerprint density at radius 1 is 1.08 bits per heavy atom. The van der Waals surface area contributed by atoms with Gasteiger partial charge in [-0.2, -0.15) is 0 Å². The van der Waals surface area contributed by atoms with Crippen LogP contribution in [0.3, 0.4) is 0 Å². The maximum absolute atomic E-state index is 13.3. The number of nitrogens with two attached hydrogens (primary N) is 1. The number of imidazole rings is 1. The van der Waals surface area contributed by atoms with E-state index in [1.807, 2.05) is 0 Å². The Kier molecular flexibility index (Phi) is 4.20. The lowest BCUT2D eigenvalue weighted by atomic mass is 9.88. The average molecular weight is 351 g/mol. The number of Topliss-reactive ketones (excluding diaryl/α,β-unsaturated/α-hetero) is 1. The van der Waals surface area contributed by atoms with Crippen molar-refractivity contribution in [3.63, 3.8) is 0 Å². The number of aromatic nitrogens is 4. The highest BCUT2D eigenvalue weighted by molar-refractivity contribution is 5.79. The van der Waals surface area contributed by atoms with Crippen LogP contribution in [-0.4, -0.2) is 25.7 Å². The molecular formula is C19H18FN5O. The molecule has 2 aromatic heterocycles. The van der Waals surface area contributed by atoms with E-state index >= 15 is 0 Å². The van der Waals surface area contributed by atoms with Crippen LogP contribution >= 0.6 is 0 Å². The highest BCUT2D eigenvalue weighted by atomic mass is 19.1. The van der Waals surface area contributed by atoms with Gasteiger partial charge in [-0.1, -0.05) is 0 Å². The van der Waals surface area contributed by atoms with Crippen LogP contribution in [0.15, 0.2) is 36.5 Å². The van der Waals surface area contributed by atoms with Crippen molar-refractivity contribution in [2.45, 2.75) is 31.6 Å². The van der Waals surface area contributed by atoms with Gasteiger partial charge in [-0.15, -0.1) is 0 Å². The Morgan fingerprint density at radius 3 is 2.50 bits per heavy atom. The van der Waals surface area contributed by atoms with E-state index in [0.29, 0.717) is 30.0 Å². The van der Waals surface area contributed by atoms with Crippen LogP contribution in [-0.2, 0) is 4.79 Å². The van der Waals surface area contributed by atoms with E-state index in [2.05, 4.69) is 15.0 Å². The van der Waals surface area contributed by atoms with Gasteiger partial charge >= 0.3 is 0 Å². The van der Waals surface area contributed by atoms with Crippen molar-refractivity contribution in [2.24, 2.45) is 0 Å². The van der Waals surface area contributed by atoms with Gasteiger partial charge in [0.25, 0.3) is 0 Å². The first-order valence-corrected chi connectivity index (χ1v) is 8.56. The number of carbonyl (C=O) groups excluding carboxylic acids is 1. The molecule has 4 rings (SSSR count). The highest BCUT2D eigenvalue weighted by Gasteiger charge is 2.25. The van der Waals surface area contributed by atoms with E-state index in [1.54, 1.807) is 24.4 Å². The Labute approximate surface area is 149 Å². The number of hydrogen-bond acceptors (Lipinski definition) is 5. The Balaban J connectivity index is 1.80. The molecule has 0 bridgehead atoms. The lowest BCUT2D eigenvalue weighted by Crippen LogP contribution is -2.13. The first-order valence-electron chi connectivity index (χ1n) is 8.56. The summed E-state index contributed by atoms with van der Waals surface area (Å²) in [5.74, 6) is 1.19. The van der Waals surface area contributed by atoms with Crippen LogP contribution in [0.4, 0.5) is 10.3 Å². The zero-order valence-electron chi connectivity index (χ0n) is 14.1. The zero-order chi connectivity index (χ0) is 18.1. The molecule has 3 aromatic rings. The maximum Gasteiger partial charge on any atom is 0.220 e. The number of carbonyl (C=O) groups is 1. The van der Waals surface area contributed by atoms with Gasteiger partial charge in [0.2, 0.25) is 5.95 Å². The van der Waals surface area contributed by atoms with Crippen LogP contribution < -0.4 is 5.73 Å². The molecular weight excluding hydrogens is 333 g/mol. The highest BCUT2D eigenvalue weighted by Crippen LogP contribution is 2.35. The molecule has 7 heteroatoms. The number of nitrogens with one attached hydrogen (secondary N) is 1. The van der Waals surface area contributed by atoms with Gasteiger partial charge in [-0.3, -0.25) is 4.79 Å². The quantitative estimate of drug-likeness (QED) is 0.753. The Morgan fingerprint density at radius 2 is 1.81 bits per heavy atom. The Bertz CT molecular complexity index is 941. The molecule has 132 valence electrons. The molecule has 2 heterocycles. The van der Waals surface area contributed by atoms with Crippen molar-refractivity contribution in [1.82, 2.24) is 19.9 Å². The third-order valence-electron chi connectivity index (χ3n) is 4.70. The second-order valence-corrected chi connectivity index (χ2v) is 6.47. The van der Waals surface area contributed by atoms with Gasteiger partial charge in [0.15, 0.2) is 0 Å². The summed E-state index contributed by atoms with van der Waals surface area (Å²) in [7, 11) is 0. The monoisotopic (exact) mass is 351 g/mol. The summed E-state index contributed by atoms with van der Waals surface area (Å²) in [4.78, 5) is 27.9. The molecule has 0 radical (unpaired) electrons. The summed E-state index contributed by atoms with van der Waals surface area (Å²) in [5, 5.41) is 0. The van der Waals surface area contributed by atoms with Crippen molar-refractivity contribution in [1.29, 1.82) is 0 Å². The fourth-order valence-electron chi connectivity index (χ4n) is 3.31. The number of rotatable bonds is 3. The summed E-state index contributed by atoms with van der Waals surface area (Å²) >= 11 is 0. The first-order chi connectivity index (χ1) is 12.6. The fourth-order valence-corrected chi connectivity index (χ4v) is 3.31. The molecule has 0 spiro atoms. The van der Waals surface area contributed by atoms with Crippen molar-refractivity contribution in [2.75, 3.05) is 5.73 Å². The molecule has 1 aliphatic carbocycles. The first kappa shape index (κ1) is 16.4. The molecule has 0 amide bonds. The Hall–Kier alpha value is -3.09. The number of halogens is 1. The summed E-state index contributed by atoms with van der Waals surface area (Å²) in [6, 6.07) is 7.94. The van der Waals surface area contributed by atoms with Crippen LogP contribution in [0.25, 0.3) is 22.6 Å². The van der Waals surface area contributed by atoms with Gasteiger partial charge in [0.1, 0.15) is 17.4 Å². The number of anilines is 1. The SMILES string of the molecule is Nc1nccc(-c2[nH]c(C3CCC(=O)CC3)nc2-c2ccc(F)cc2)n1. The molecule has 0 unspecified atom stereocenters. The third-order valence-corrected chi connectivity index (χ3v) is 4.70. The third kappa shape index (κ3) is 3.20. The minimum Gasteiger partial charge on any atom is -0.368 e. The van der Waals surface area contributed by atoms with Gasteiger partial charge < -0.3 is 10.7 Å². The molecule has 0 atom stereocenters. The topological polar surface area (TPSA) is 97.5 Å². The van der Waals surface area contributed by atoms with E-state index in [0.717, 1.165) is 29.9 Å². The number of ketones is 1. The van der Waals surface area contributed by atoms with Gasteiger partial charge in [-0.25, -0.2) is 19.3 Å². The molecule has 0 saturated heterocycles. The van der Waals surface area contributed by atoms with E-state index in [9.17, 15) is 9.18 Å². The molecule has 0 aliphatic heterocycles. The van der Waals surface area contributed by atoms with E-state index in [-0.39, 0.29) is 17.7 Å². The summed E-state index contributed by atoms with van der Waals surface area (Å²) in [6.45, 7) is 0. The van der Waals surface area contributed by atoms with Crippen molar-refractivity contribution < 1.29 is 9.18 Å². The number of benzene rings is 1. The molecule has 1 aliphatic rings. The van der Waals surface area contributed by atoms with Gasteiger partial charge in [0, 0.05) is 30.5 Å². The molecule has 1 aromatic carbocycles. The minimum atomic E-state index is -0.303. The largest absolute Gasteiger partial charge is 0.368 e. The van der Waals surface area contributed by atoms with E-state index < -0.39 is 0 Å². The molecule has 3 N–H and O–H groups in total. The number of H-pyrrole nitrogens is 1. The fraction of sp³-hybridized carbons (Fsp3) is 0.263. The second-order valence-electron chi connectivity index (χ2n) is 6.47. The van der Waals surface area contributed by atoms with Crippen LogP contribution in [0.5, 0.6) is 0 Å². The van der Waals surface area contributed by atoms with Crippen LogP contribution in [0.1, 0.15) is 37.4 Å². The minimum absolute atomic E-state index is 0.173. The molecule has 6 nitrogen and oxygen atoms in total. The smallest absolute Gasteiger partial charge is 0.220 e. The lowest BCUT2D eigenvalue weighted by molar-refractivity contribution is -0.120. The average Bonchev–Trinajstić information content (AvgIpc) is 3.08. The maximum atomic E-state index is 13.3. The lowest BCUT2D eigenvalue weighted by Gasteiger charge is -2.18. The molecule has 1 fully saturated rings. The van der Waals surface area contributed by atoms with Crippen molar-refractivity contribution in [3.8, 4) is 22.6 Å². The van der Waals surface area contributed by atoms with Crippen LogP contribution in [0.2, 0.25) is 0 Å².